The summed E-state index contributed by atoms with van der Waals surface area (Å²) in [6, 6.07) is 13.7. The Morgan fingerprint density at radius 3 is 2.36 bits per heavy atom. The first kappa shape index (κ1) is 16.6. The summed E-state index contributed by atoms with van der Waals surface area (Å²) in [5, 5.41) is 9.27. The number of rotatable bonds is 4. The van der Waals surface area contributed by atoms with Gasteiger partial charge in [-0.1, -0.05) is 6.07 Å². The number of hydrogen-bond donors (Lipinski definition) is 0. The molecule has 0 aliphatic heterocycles. The molecule has 3 aromatic rings. The summed E-state index contributed by atoms with van der Waals surface area (Å²) < 4.78 is 12.7. The predicted octanol–water partition coefficient (Wildman–Crippen LogP) is 3.85. The lowest BCUT2D eigenvalue weighted by atomic mass is 9.97. The highest BCUT2D eigenvalue weighted by Gasteiger charge is 2.12. The maximum absolute atomic E-state index is 9.27. The summed E-state index contributed by atoms with van der Waals surface area (Å²) in [5.41, 5.74) is 4.52. The average molecular weight is 333 g/mol. The van der Waals surface area contributed by atoms with Gasteiger partial charge in [0.05, 0.1) is 31.3 Å². The number of benzene rings is 2. The van der Waals surface area contributed by atoms with Gasteiger partial charge in [-0.15, -0.1) is 0 Å². The van der Waals surface area contributed by atoms with Crippen molar-refractivity contribution in [3.8, 4) is 17.6 Å². The molecule has 0 fully saturated rings. The number of ether oxygens (including phenoxy) is 2. The van der Waals surface area contributed by atoms with Gasteiger partial charge in [-0.2, -0.15) is 5.26 Å². The minimum Gasteiger partial charge on any atom is -0.497 e. The van der Waals surface area contributed by atoms with Gasteiger partial charge in [0.15, 0.2) is 0 Å². The Labute approximate surface area is 146 Å². The fraction of sp³-hybridized carbons (Fsp3) is 0.200. The molecular weight excluding hydrogens is 314 g/mol. The fourth-order valence-corrected chi connectivity index (χ4v) is 2.85. The first-order valence-electron chi connectivity index (χ1n) is 7.84. The Kier molecular flexibility index (Phi) is 4.44. The molecule has 3 rings (SSSR count). The van der Waals surface area contributed by atoms with Gasteiger partial charge < -0.3 is 14.0 Å². The number of methoxy groups -OCH3 is 2. The lowest BCUT2D eigenvalue weighted by molar-refractivity contribution is 0.394. The molecule has 2 aromatic carbocycles. The summed E-state index contributed by atoms with van der Waals surface area (Å²) in [4.78, 5) is 4.58. The van der Waals surface area contributed by atoms with Crippen LogP contribution < -0.4 is 9.47 Å². The number of aromatic nitrogens is 2. The molecule has 0 spiro atoms. The molecule has 5 nitrogen and oxygen atoms in total. The summed E-state index contributed by atoms with van der Waals surface area (Å²) in [6.07, 6.45) is 1.53. The van der Waals surface area contributed by atoms with E-state index in [0.29, 0.717) is 11.5 Å². The second-order valence-corrected chi connectivity index (χ2v) is 5.71. The van der Waals surface area contributed by atoms with Gasteiger partial charge in [-0.3, -0.25) is 0 Å². The van der Waals surface area contributed by atoms with Gasteiger partial charge >= 0.3 is 0 Å². The van der Waals surface area contributed by atoms with Crippen molar-refractivity contribution in [1.82, 2.24) is 9.55 Å². The van der Waals surface area contributed by atoms with E-state index in [0.717, 1.165) is 33.6 Å². The molecule has 0 amide bonds. The van der Waals surface area contributed by atoms with Crippen molar-refractivity contribution in [2.75, 3.05) is 14.2 Å². The van der Waals surface area contributed by atoms with E-state index < -0.39 is 0 Å². The Hall–Kier alpha value is -3.26. The second kappa shape index (κ2) is 6.70. The molecule has 0 saturated heterocycles. The molecule has 0 N–H and O–H groups in total. The van der Waals surface area contributed by atoms with Crippen LogP contribution in [0.2, 0.25) is 0 Å². The van der Waals surface area contributed by atoms with Crippen LogP contribution in [0.3, 0.4) is 0 Å². The van der Waals surface area contributed by atoms with Gasteiger partial charge in [0.25, 0.3) is 0 Å². The minimum absolute atomic E-state index is 0.674. The maximum Gasteiger partial charge on any atom is 0.123 e. The summed E-state index contributed by atoms with van der Waals surface area (Å²) >= 11 is 0. The molecule has 5 heteroatoms. The van der Waals surface area contributed by atoms with Crippen molar-refractivity contribution < 1.29 is 9.47 Å². The number of nitrogens with zero attached hydrogens (tertiary/aromatic N) is 3. The standard InChI is InChI=1S/C20H19N3O2/c1-13-22-19-11-14(5-6-20(19)23(13)2)18(7-8-21)15-9-16(24-3)12-17(10-15)25-4/h5-7,9-12H,1-4H3. The van der Waals surface area contributed by atoms with Gasteiger partial charge in [0.2, 0.25) is 0 Å². The third kappa shape index (κ3) is 3.07. The minimum atomic E-state index is 0.674. The van der Waals surface area contributed by atoms with Crippen molar-refractivity contribution in [1.29, 1.82) is 5.26 Å². The number of aryl methyl sites for hydroxylation is 2. The summed E-state index contributed by atoms with van der Waals surface area (Å²) in [6.45, 7) is 1.97. The molecule has 0 radical (unpaired) electrons. The highest BCUT2D eigenvalue weighted by atomic mass is 16.5. The van der Waals surface area contributed by atoms with Crippen molar-refractivity contribution >= 4 is 16.6 Å². The summed E-state index contributed by atoms with van der Waals surface area (Å²) in [7, 11) is 5.20. The van der Waals surface area contributed by atoms with Gasteiger partial charge in [-0.05, 0) is 47.9 Å². The highest BCUT2D eigenvalue weighted by Crippen LogP contribution is 2.32. The van der Waals surface area contributed by atoms with E-state index in [1.165, 1.54) is 6.08 Å². The highest BCUT2D eigenvalue weighted by molar-refractivity contribution is 5.88. The molecule has 126 valence electrons. The molecular formula is C20H19N3O2. The van der Waals surface area contributed by atoms with E-state index in [9.17, 15) is 5.26 Å². The van der Waals surface area contributed by atoms with Crippen LogP contribution in [0, 0.1) is 18.3 Å². The molecule has 1 heterocycles. The molecule has 0 unspecified atom stereocenters. The monoisotopic (exact) mass is 333 g/mol. The van der Waals surface area contributed by atoms with Crippen LogP contribution in [-0.2, 0) is 7.05 Å². The van der Waals surface area contributed by atoms with E-state index in [4.69, 9.17) is 9.47 Å². The van der Waals surface area contributed by atoms with Crippen molar-refractivity contribution in [2.45, 2.75) is 6.92 Å². The van der Waals surface area contributed by atoms with Crippen LogP contribution in [0.25, 0.3) is 16.6 Å². The van der Waals surface area contributed by atoms with E-state index in [-0.39, 0.29) is 0 Å². The Bertz CT molecular complexity index is 987. The smallest absolute Gasteiger partial charge is 0.123 e. The molecule has 1 aromatic heterocycles. The largest absolute Gasteiger partial charge is 0.497 e. The lowest BCUT2D eigenvalue weighted by Gasteiger charge is -2.11. The van der Waals surface area contributed by atoms with Gasteiger partial charge in [-0.25, -0.2) is 4.98 Å². The van der Waals surface area contributed by atoms with E-state index in [2.05, 4.69) is 11.1 Å². The fourth-order valence-electron chi connectivity index (χ4n) is 2.85. The van der Waals surface area contributed by atoms with Gasteiger partial charge in [0.1, 0.15) is 17.3 Å². The Morgan fingerprint density at radius 2 is 1.76 bits per heavy atom. The first-order chi connectivity index (χ1) is 12.1. The third-order valence-corrected chi connectivity index (χ3v) is 4.29. The van der Waals surface area contributed by atoms with Crippen LogP contribution in [0.15, 0.2) is 42.5 Å². The van der Waals surface area contributed by atoms with E-state index in [1.807, 2.05) is 48.9 Å². The number of nitriles is 1. The Balaban J connectivity index is 2.17. The number of fused-ring (bicyclic) bond motifs is 1. The molecule has 0 atom stereocenters. The molecule has 25 heavy (non-hydrogen) atoms. The van der Waals surface area contributed by atoms with Gasteiger partial charge in [0, 0.05) is 19.2 Å². The Morgan fingerprint density at radius 1 is 1.08 bits per heavy atom. The molecule has 0 saturated carbocycles. The van der Waals surface area contributed by atoms with Crippen molar-refractivity contribution in [3.63, 3.8) is 0 Å². The predicted molar refractivity (Wildman–Crippen MR) is 97.7 cm³/mol. The number of allylic oxidation sites excluding steroid dienone is 1. The molecule has 0 bridgehead atoms. The van der Waals surface area contributed by atoms with Crippen LogP contribution in [0.5, 0.6) is 11.5 Å². The zero-order valence-corrected chi connectivity index (χ0v) is 14.7. The number of hydrogen-bond acceptors (Lipinski definition) is 4. The van der Waals surface area contributed by atoms with Crippen LogP contribution in [0.4, 0.5) is 0 Å². The SMILES string of the molecule is COc1cc(OC)cc(C(=CC#N)c2ccc3c(c2)nc(C)n3C)c1. The lowest BCUT2D eigenvalue weighted by Crippen LogP contribution is -1.94. The zero-order valence-electron chi connectivity index (χ0n) is 14.7. The maximum atomic E-state index is 9.27. The van der Waals surface area contributed by atoms with E-state index >= 15 is 0 Å². The van der Waals surface area contributed by atoms with E-state index in [1.54, 1.807) is 20.3 Å². The number of imidazole rings is 1. The average Bonchev–Trinajstić information content (AvgIpc) is 2.92. The first-order valence-corrected chi connectivity index (χ1v) is 7.84. The molecule has 0 aliphatic rings. The van der Waals surface area contributed by atoms with Crippen molar-refractivity contribution in [3.05, 3.63) is 59.4 Å². The third-order valence-electron chi connectivity index (χ3n) is 4.29. The van der Waals surface area contributed by atoms with Crippen LogP contribution in [-0.4, -0.2) is 23.8 Å². The zero-order chi connectivity index (χ0) is 18.0. The topological polar surface area (TPSA) is 60.1 Å². The second-order valence-electron chi connectivity index (χ2n) is 5.71. The summed E-state index contributed by atoms with van der Waals surface area (Å²) in [5.74, 6) is 2.29. The van der Waals surface area contributed by atoms with Crippen LogP contribution in [0.1, 0.15) is 17.0 Å². The normalized spacial score (nSPS) is 11.4. The quantitative estimate of drug-likeness (QED) is 0.680. The molecule has 0 aliphatic carbocycles. The van der Waals surface area contributed by atoms with Crippen LogP contribution >= 0.6 is 0 Å². The van der Waals surface area contributed by atoms with Crippen molar-refractivity contribution in [2.24, 2.45) is 7.05 Å².